The molecule has 0 spiro atoms. The van der Waals surface area contributed by atoms with E-state index in [0.29, 0.717) is 23.9 Å². The Kier molecular flexibility index (Phi) is 4.40. The summed E-state index contributed by atoms with van der Waals surface area (Å²) >= 11 is 1.44. The summed E-state index contributed by atoms with van der Waals surface area (Å²) in [6.07, 6.45) is 0.811. The van der Waals surface area contributed by atoms with Crippen molar-refractivity contribution in [3.8, 4) is 0 Å². The zero-order valence-electron chi connectivity index (χ0n) is 14.3. The number of nitrogens with one attached hydrogen (secondary N) is 1. The molecule has 1 amide bonds. The largest absolute Gasteiger partial charge is 0.348 e. The summed E-state index contributed by atoms with van der Waals surface area (Å²) in [5.74, 6) is 0.652. The molecule has 1 aliphatic heterocycles. The Bertz CT molecular complexity index is 826. The number of amides is 1. The molecule has 1 fully saturated rings. The number of hydrogen-bond donors (Lipinski definition) is 1. The van der Waals surface area contributed by atoms with Gasteiger partial charge in [-0.15, -0.1) is 11.3 Å². The molecule has 1 aliphatic rings. The van der Waals surface area contributed by atoms with Gasteiger partial charge in [0.1, 0.15) is 4.88 Å². The van der Waals surface area contributed by atoms with Crippen LogP contribution in [0.15, 0.2) is 10.9 Å². The number of aromatic nitrogens is 3. The molecule has 0 radical (unpaired) electrons. The minimum Gasteiger partial charge on any atom is -0.348 e. The van der Waals surface area contributed by atoms with Crippen LogP contribution in [0.3, 0.4) is 0 Å². The van der Waals surface area contributed by atoms with Crippen molar-refractivity contribution >= 4 is 23.2 Å². The van der Waals surface area contributed by atoms with Gasteiger partial charge in [0.05, 0.1) is 16.4 Å². The third kappa shape index (κ3) is 3.19. The summed E-state index contributed by atoms with van der Waals surface area (Å²) < 4.78 is 0. The van der Waals surface area contributed by atoms with E-state index in [-0.39, 0.29) is 17.4 Å². The predicted octanol–water partition coefficient (Wildman–Crippen LogP) is 1.54. The highest BCUT2D eigenvalue weighted by molar-refractivity contribution is 7.13. The van der Waals surface area contributed by atoms with E-state index >= 15 is 0 Å². The second kappa shape index (κ2) is 6.35. The molecule has 0 bridgehead atoms. The van der Waals surface area contributed by atoms with Gasteiger partial charge in [-0.3, -0.25) is 14.6 Å². The van der Waals surface area contributed by atoms with E-state index in [2.05, 4.69) is 15.0 Å². The highest BCUT2D eigenvalue weighted by Gasteiger charge is 2.31. The van der Waals surface area contributed by atoms with E-state index in [4.69, 9.17) is 0 Å². The lowest BCUT2D eigenvalue weighted by Crippen LogP contribution is -2.28. The second-order valence-corrected chi connectivity index (χ2v) is 7.48. The standard InChI is InChI=1S/C16H21N5O2S/c1-9-14(24-10(2)17-9)15(23)21-6-5-11(8-21)12-7-13(22)19-16(18-12)20(3)4/h7,11H,5-6,8H2,1-4H3,(H,18,19,22)/t11-/m1/s1. The minimum atomic E-state index is -0.164. The summed E-state index contributed by atoms with van der Waals surface area (Å²) in [7, 11) is 3.67. The lowest BCUT2D eigenvalue weighted by atomic mass is 10.1. The predicted molar refractivity (Wildman–Crippen MR) is 94.0 cm³/mol. The van der Waals surface area contributed by atoms with Crippen LogP contribution in [0.5, 0.6) is 0 Å². The molecule has 3 rings (SSSR count). The third-order valence-corrected chi connectivity index (χ3v) is 5.22. The van der Waals surface area contributed by atoms with Crippen LogP contribution in [0.1, 0.15) is 38.4 Å². The maximum atomic E-state index is 12.7. The van der Waals surface area contributed by atoms with Gasteiger partial charge in [0, 0.05) is 39.2 Å². The highest BCUT2D eigenvalue weighted by Crippen LogP contribution is 2.28. The lowest BCUT2D eigenvalue weighted by molar-refractivity contribution is 0.0794. The lowest BCUT2D eigenvalue weighted by Gasteiger charge is -2.17. The van der Waals surface area contributed by atoms with Crippen LogP contribution in [-0.2, 0) is 0 Å². The van der Waals surface area contributed by atoms with Gasteiger partial charge in [0.2, 0.25) is 5.95 Å². The molecule has 1 saturated heterocycles. The number of nitrogens with zero attached hydrogens (tertiary/aromatic N) is 4. The van der Waals surface area contributed by atoms with Gasteiger partial charge >= 0.3 is 0 Å². The van der Waals surface area contributed by atoms with Gasteiger partial charge in [-0.2, -0.15) is 0 Å². The van der Waals surface area contributed by atoms with E-state index in [1.54, 1.807) is 4.90 Å². The first-order chi connectivity index (χ1) is 11.3. The molecule has 24 heavy (non-hydrogen) atoms. The Labute approximate surface area is 144 Å². The minimum absolute atomic E-state index is 0.0262. The number of rotatable bonds is 3. The smallest absolute Gasteiger partial charge is 0.265 e. The molecule has 0 saturated carbocycles. The molecule has 1 atom stereocenters. The maximum absolute atomic E-state index is 12.7. The van der Waals surface area contributed by atoms with E-state index in [1.807, 2.05) is 32.8 Å². The van der Waals surface area contributed by atoms with Crippen molar-refractivity contribution in [1.29, 1.82) is 0 Å². The monoisotopic (exact) mass is 347 g/mol. The van der Waals surface area contributed by atoms with Gasteiger partial charge in [-0.25, -0.2) is 9.97 Å². The Hall–Kier alpha value is -2.22. The van der Waals surface area contributed by atoms with Crippen molar-refractivity contribution < 1.29 is 4.79 Å². The molecule has 3 heterocycles. The fraction of sp³-hybridized carbons (Fsp3) is 0.500. The fourth-order valence-corrected chi connectivity index (χ4v) is 3.83. The second-order valence-electron chi connectivity index (χ2n) is 6.27. The number of carbonyl (C=O) groups excluding carboxylic acids is 1. The number of anilines is 1. The summed E-state index contributed by atoms with van der Waals surface area (Å²) in [4.78, 5) is 40.4. The van der Waals surface area contributed by atoms with Crippen LogP contribution in [0.4, 0.5) is 5.95 Å². The molecular weight excluding hydrogens is 326 g/mol. The number of likely N-dealkylation sites (tertiary alicyclic amines) is 1. The first kappa shape index (κ1) is 16.6. The fourth-order valence-electron chi connectivity index (χ4n) is 2.94. The Morgan fingerprint density at radius 2 is 2.12 bits per heavy atom. The van der Waals surface area contributed by atoms with E-state index in [1.165, 1.54) is 17.4 Å². The van der Waals surface area contributed by atoms with Crippen molar-refractivity contribution in [3.05, 3.63) is 37.7 Å². The molecule has 2 aromatic heterocycles. The molecule has 8 heteroatoms. The number of hydrogen-bond acceptors (Lipinski definition) is 6. The summed E-state index contributed by atoms with van der Waals surface area (Å²) in [6.45, 7) is 5.03. The molecule has 2 aromatic rings. The van der Waals surface area contributed by atoms with Gasteiger partial charge in [-0.1, -0.05) is 0 Å². The Morgan fingerprint density at radius 3 is 2.75 bits per heavy atom. The van der Waals surface area contributed by atoms with Crippen LogP contribution in [-0.4, -0.2) is 52.9 Å². The van der Waals surface area contributed by atoms with Crippen LogP contribution in [0, 0.1) is 13.8 Å². The van der Waals surface area contributed by atoms with Gasteiger partial charge in [0.25, 0.3) is 11.5 Å². The van der Waals surface area contributed by atoms with Crippen molar-refractivity contribution in [2.75, 3.05) is 32.1 Å². The van der Waals surface area contributed by atoms with Crippen LogP contribution < -0.4 is 10.5 Å². The molecular formula is C16H21N5O2S. The topological polar surface area (TPSA) is 82.2 Å². The molecule has 0 aromatic carbocycles. The third-order valence-electron chi connectivity index (χ3n) is 4.16. The summed E-state index contributed by atoms with van der Waals surface area (Å²) in [5, 5.41) is 0.901. The van der Waals surface area contributed by atoms with Gasteiger partial charge < -0.3 is 9.80 Å². The van der Waals surface area contributed by atoms with Gasteiger partial charge in [-0.05, 0) is 20.3 Å². The summed E-state index contributed by atoms with van der Waals surface area (Å²) in [6, 6.07) is 1.54. The van der Waals surface area contributed by atoms with Crippen LogP contribution in [0.25, 0.3) is 0 Å². The Balaban J connectivity index is 1.79. The normalized spacial score (nSPS) is 17.3. The Morgan fingerprint density at radius 1 is 1.38 bits per heavy atom. The van der Waals surface area contributed by atoms with Crippen molar-refractivity contribution in [3.63, 3.8) is 0 Å². The van der Waals surface area contributed by atoms with E-state index in [0.717, 1.165) is 22.8 Å². The van der Waals surface area contributed by atoms with Crippen LogP contribution in [0.2, 0.25) is 0 Å². The van der Waals surface area contributed by atoms with Crippen molar-refractivity contribution in [1.82, 2.24) is 19.9 Å². The molecule has 0 unspecified atom stereocenters. The number of thiazole rings is 1. The zero-order valence-corrected chi connectivity index (χ0v) is 15.1. The number of aryl methyl sites for hydroxylation is 2. The first-order valence-corrected chi connectivity index (χ1v) is 8.68. The van der Waals surface area contributed by atoms with Crippen molar-refractivity contribution in [2.45, 2.75) is 26.2 Å². The van der Waals surface area contributed by atoms with E-state index < -0.39 is 0 Å². The van der Waals surface area contributed by atoms with Gasteiger partial charge in [0.15, 0.2) is 0 Å². The highest BCUT2D eigenvalue weighted by atomic mass is 32.1. The molecule has 7 nitrogen and oxygen atoms in total. The zero-order chi connectivity index (χ0) is 17.4. The summed E-state index contributed by atoms with van der Waals surface area (Å²) in [5.41, 5.74) is 1.37. The number of carbonyl (C=O) groups is 1. The maximum Gasteiger partial charge on any atom is 0.265 e. The molecule has 128 valence electrons. The number of aromatic amines is 1. The number of H-pyrrole nitrogens is 1. The SMILES string of the molecule is Cc1nc(C)c(C(=O)N2CC[C@@H](c3cc(=O)[nH]c(N(C)C)n3)C2)s1. The molecule has 1 N–H and O–H groups in total. The van der Waals surface area contributed by atoms with Crippen molar-refractivity contribution in [2.24, 2.45) is 0 Å². The van der Waals surface area contributed by atoms with Crippen LogP contribution >= 0.6 is 11.3 Å². The average molecular weight is 347 g/mol. The molecule has 0 aliphatic carbocycles. The quantitative estimate of drug-likeness (QED) is 0.911. The average Bonchev–Trinajstić information content (AvgIpc) is 3.12. The first-order valence-electron chi connectivity index (χ1n) is 7.87. The van der Waals surface area contributed by atoms with E-state index in [9.17, 15) is 9.59 Å².